The average molecular weight is 238 g/mol. The molecule has 1 saturated carbocycles. The lowest BCUT2D eigenvalue weighted by molar-refractivity contribution is -0.149. The minimum absolute atomic E-state index is 0.0414. The van der Waals surface area contributed by atoms with Crippen LogP contribution >= 0.6 is 0 Å². The first-order chi connectivity index (χ1) is 7.90. The smallest absolute Gasteiger partial charge is 0.248 e. The fraction of sp³-hybridized carbons (Fsp3) is 0.846. The third-order valence-electron chi connectivity index (χ3n) is 4.10. The Balaban J connectivity index is 2.04. The van der Waals surface area contributed by atoms with E-state index >= 15 is 0 Å². The van der Waals surface area contributed by atoms with Gasteiger partial charge in [-0.2, -0.15) is 0 Å². The van der Waals surface area contributed by atoms with Gasteiger partial charge < -0.3 is 10.2 Å². The van der Waals surface area contributed by atoms with Crippen molar-refractivity contribution in [2.24, 2.45) is 11.8 Å². The molecule has 4 nitrogen and oxygen atoms in total. The highest BCUT2D eigenvalue weighted by Gasteiger charge is 2.40. The Morgan fingerprint density at radius 2 is 2.06 bits per heavy atom. The maximum absolute atomic E-state index is 12.2. The van der Waals surface area contributed by atoms with E-state index in [0.29, 0.717) is 11.8 Å². The van der Waals surface area contributed by atoms with Crippen LogP contribution in [-0.4, -0.2) is 35.3 Å². The molecule has 1 aliphatic heterocycles. The molecule has 0 radical (unpaired) electrons. The van der Waals surface area contributed by atoms with Crippen molar-refractivity contribution in [1.29, 1.82) is 0 Å². The van der Waals surface area contributed by atoms with E-state index in [2.05, 4.69) is 12.2 Å². The van der Waals surface area contributed by atoms with Gasteiger partial charge >= 0.3 is 0 Å². The summed E-state index contributed by atoms with van der Waals surface area (Å²) < 4.78 is 0. The minimum Gasteiger partial charge on any atom is -0.341 e. The van der Waals surface area contributed by atoms with Gasteiger partial charge in [0.25, 0.3) is 0 Å². The van der Waals surface area contributed by atoms with Gasteiger partial charge in [-0.1, -0.05) is 19.8 Å². The molecule has 0 aromatic carbocycles. The van der Waals surface area contributed by atoms with Crippen LogP contribution < -0.4 is 5.32 Å². The maximum atomic E-state index is 12.2. The summed E-state index contributed by atoms with van der Waals surface area (Å²) in [6, 6.07) is 0. The zero-order chi connectivity index (χ0) is 12.6. The predicted octanol–water partition coefficient (Wildman–Crippen LogP) is 1.16. The minimum atomic E-state index is -0.739. The Morgan fingerprint density at radius 1 is 1.35 bits per heavy atom. The van der Waals surface area contributed by atoms with E-state index < -0.39 is 5.54 Å². The number of nitrogens with zero attached hydrogens (tertiary/aromatic N) is 1. The molecule has 2 fully saturated rings. The van der Waals surface area contributed by atoms with E-state index in [9.17, 15) is 9.59 Å². The van der Waals surface area contributed by atoms with Crippen molar-refractivity contribution < 1.29 is 9.59 Å². The topological polar surface area (TPSA) is 49.4 Å². The summed E-state index contributed by atoms with van der Waals surface area (Å²) in [7, 11) is 0. The van der Waals surface area contributed by atoms with Crippen LogP contribution in [0.25, 0.3) is 0 Å². The Labute approximate surface area is 103 Å². The van der Waals surface area contributed by atoms with E-state index in [4.69, 9.17) is 0 Å². The molecule has 0 bridgehead atoms. The fourth-order valence-electron chi connectivity index (χ4n) is 3.01. The first kappa shape index (κ1) is 12.4. The summed E-state index contributed by atoms with van der Waals surface area (Å²) >= 11 is 0. The molecule has 1 saturated heterocycles. The molecule has 0 spiro atoms. The maximum Gasteiger partial charge on any atom is 0.248 e. The Kier molecular flexibility index (Phi) is 3.15. The second-order valence-corrected chi connectivity index (χ2v) is 6.03. The first-order valence-corrected chi connectivity index (χ1v) is 6.50. The molecule has 2 amide bonds. The number of nitrogens with one attached hydrogen (secondary N) is 1. The number of carbonyl (C=O) groups excluding carboxylic acids is 2. The van der Waals surface area contributed by atoms with Gasteiger partial charge in [-0.05, 0) is 32.1 Å². The second kappa shape index (κ2) is 4.31. The van der Waals surface area contributed by atoms with E-state index in [1.54, 1.807) is 18.7 Å². The largest absolute Gasteiger partial charge is 0.341 e. The van der Waals surface area contributed by atoms with Crippen molar-refractivity contribution in [2.45, 2.75) is 45.6 Å². The van der Waals surface area contributed by atoms with Crippen molar-refractivity contribution in [3.8, 4) is 0 Å². The summed E-state index contributed by atoms with van der Waals surface area (Å²) in [5.74, 6) is 1.26. The van der Waals surface area contributed by atoms with Gasteiger partial charge in [0.05, 0.1) is 6.54 Å². The van der Waals surface area contributed by atoms with Crippen LogP contribution in [0.1, 0.15) is 40.0 Å². The van der Waals surface area contributed by atoms with E-state index in [0.717, 1.165) is 6.54 Å². The number of rotatable bonds is 2. The standard InChI is InChI=1S/C13H22N2O2/c1-9-5-4-6-10(9)7-15-8-11(16)14-13(2,3)12(15)17/h9-10H,4-8H2,1-3H3,(H,14,16). The van der Waals surface area contributed by atoms with E-state index in [1.165, 1.54) is 19.3 Å². The van der Waals surface area contributed by atoms with Gasteiger partial charge in [0.2, 0.25) is 11.8 Å². The number of carbonyl (C=O) groups is 2. The highest BCUT2D eigenvalue weighted by Crippen LogP contribution is 2.32. The normalized spacial score (nSPS) is 32.8. The van der Waals surface area contributed by atoms with Gasteiger partial charge in [0.15, 0.2) is 0 Å². The van der Waals surface area contributed by atoms with Crippen molar-refractivity contribution in [1.82, 2.24) is 10.2 Å². The lowest BCUT2D eigenvalue weighted by Gasteiger charge is -2.39. The van der Waals surface area contributed by atoms with Crippen molar-refractivity contribution in [3.63, 3.8) is 0 Å². The summed E-state index contributed by atoms with van der Waals surface area (Å²) in [4.78, 5) is 25.5. The quantitative estimate of drug-likeness (QED) is 0.785. The number of hydrogen-bond donors (Lipinski definition) is 1. The molecule has 2 atom stereocenters. The molecule has 0 aromatic heterocycles. The monoisotopic (exact) mass is 238 g/mol. The molecular formula is C13H22N2O2. The Bertz CT molecular complexity index is 338. The van der Waals surface area contributed by atoms with Crippen LogP contribution in [0.3, 0.4) is 0 Å². The highest BCUT2D eigenvalue weighted by atomic mass is 16.2. The lowest BCUT2D eigenvalue weighted by Crippen LogP contribution is -2.64. The zero-order valence-electron chi connectivity index (χ0n) is 11.0. The number of amides is 2. The van der Waals surface area contributed by atoms with E-state index in [-0.39, 0.29) is 18.4 Å². The van der Waals surface area contributed by atoms with Gasteiger partial charge in [-0.3, -0.25) is 9.59 Å². The summed E-state index contributed by atoms with van der Waals surface area (Å²) in [5, 5.41) is 2.74. The molecule has 1 heterocycles. The molecule has 2 aliphatic rings. The van der Waals surface area contributed by atoms with Crippen LogP contribution in [0.2, 0.25) is 0 Å². The van der Waals surface area contributed by atoms with Crippen LogP contribution in [0, 0.1) is 11.8 Å². The first-order valence-electron chi connectivity index (χ1n) is 6.50. The molecule has 2 unspecified atom stereocenters. The molecule has 4 heteroatoms. The lowest BCUT2D eigenvalue weighted by atomic mass is 9.94. The van der Waals surface area contributed by atoms with Gasteiger partial charge in [-0.25, -0.2) is 0 Å². The van der Waals surface area contributed by atoms with Crippen molar-refractivity contribution in [2.75, 3.05) is 13.1 Å². The summed E-state index contributed by atoms with van der Waals surface area (Å²) in [5.41, 5.74) is -0.739. The molecule has 96 valence electrons. The highest BCUT2D eigenvalue weighted by molar-refractivity contribution is 5.97. The molecule has 2 rings (SSSR count). The number of hydrogen-bond acceptors (Lipinski definition) is 2. The predicted molar refractivity (Wildman–Crippen MR) is 65.3 cm³/mol. The van der Waals surface area contributed by atoms with Crippen molar-refractivity contribution >= 4 is 11.8 Å². The van der Waals surface area contributed by atoms with Crippen LogP contribution in [0.4, 0.5) is 0 Å². The average Bonchev–Trinajstić information content (AvgIpc) is 2.59. The SMILES string of the molecule is CC1CCCC1CN1CC(=O)NC(C)(C)C1=O. The van der Waals surface area contributed by atoms with Gasteiger partial charge in [0.1, 0.15) is 5.54 Å². The Morgan fingerprint density at radius 3 is 2.65 bits per heavy atom. The summed E-state index contributed by atoms with van der Waals surface area (Å²) in [6.07, 6.45) is 3.69. The van der Waals surface area contributed by atoms with Crippen molar-refractivity contribution in [3.05, 3.63) is 0 Å². The molecule has 17 heavy (non-hydrogen) atoms. The molecule has 1 N–H and O–H groups in total. The van der Waals surface area contributed by atoms with Crippen LogP contribution in [0.15, 0.2) is 0 Å². The zero-order valence-corrected chi connectivity index (χ0v) is 11.0. The summed E-state index contributed by atoms with van der Waals surface area (Å²) in [6.45, 7) is 6.77. The van der Waals surface area contributed by atoms with E-state index in [1.807, 2.05) is 0 Å². The van der Waals surface area contributed by atoms with Gasteiger partial charge in [-0.15, -0.1) is 0 Å². The third kappa shape index (κ3) is 2.45. The molecule has 1 aliphatic carbocycles. The van der Waals surface area contributed by atoms with Crippen LogP contribution in [-0.2, 0) is 9.59 Å². The molecule has 0 aromatic rings. The molecular weight excluding hydrogens is 216 g/mol. The second-order valence-electron chi connectivity index (χ2n) is 6.03. The Hall–Kier alpha value is -1.06. The van der Waals surface area contributed by atoms with Crippen LogP contribution in [0.5, 0.6) is 0 Å². The number of piperazine rings is 1. The third-order valence-corrected chi connectivity index (χ3v) is 4.10. The fourth-order valence-corrected chi connectivity index (χ4v) is 3.01. The van der Waals surface area contributed by atoms with Gasteiger partial charge in [0, 0.05) is 6.54 Å².